The van der Waals surface area contributed by atoms with Crippen LogP contribution >= 0.6 is 0 Å². The number of carbonyl (C=O) groups is 1. The number of methoxy groups -OCH3 is 1. The van der Waals surface area contributed by atoms with Gasteiger partial charge in [0.15, 0.2) is 0 Å². The van der Waals surface area contributed by atoms with Gasteiger partial charge in [0.2, 0.25) is 0 Å². The van der Waals surface area contributed by atoms with Gasteiger partial charge in [0.25, 0.3) is 0 Å². The minimum absolute atomic E-state index is 0.240. The van der Waals surface area contributed by atoms with Gasteiger partial charge in [-0.2, -0.15) is 0 Å². The highest BCUT2D eigenvalue weighted by Crippen LogP contribution is 2.30. The molecule has 0 aliphatic carbocycles. The van der Waals surface area contributed by atoms with E-state index in [0.717, 1.165) is 33.2 Å². The molecular weight excluding hydrogens is 336 g/mol. The average molecular weight is 362 g/mol. The van der Waals surface area contributed by atoms with Crippen molar-refractivity contribution in [3.05, 3.63) is 71.3 Å². The summed E-state index contributed by atoms with van der Waals surface area (Å²) in [4.78, 5) is 12.8. The largest absolute Gasteiger partial charge is 0.497 e. The van der Waals surface area contributed by atoms with Crippen LogP contribution in [0.2, 0.25) is 0 Å². The van der Waals surface area contributed by atoms with Crippen molar-refractivity contribution in [2.75, 3.05) is 7.11 Å². The molecule has 0 saturated carbocycles. The molecular formula is C24H26O3. The van der Waals surface area contributed by atoms with Gasteiger partial charge in [0.1, 0.15) is 11.5 Å². The third-order valence-electron chi connectivity index (χ3n) is 4.93. The zero-order valence-electron chi connectivity index (χ0n) is 16.6. The molecule has 0 radical (unpaired) electrons. The summed E-state index contributed by atoms with van der Waals surface area (Å²) in [6, 6.07) is 18.0. The Morgan fingerprint density at radius 2 is 1.59 bits per heavy atom. The first kappa shape index (κ1) is 19.0. The van der Waals surface area contributed by atoms with Gasteiger partial charge in [0, 0.05) is 0 Å². The highest BCUT2D eigenvalue weighted by molar-refractivity contribution is 5.87. The highest BCUT2D eigenvalue weighted by Gasteiger charge is 2.20. The van der Waals surface area contributed by atoms with Gasteiger partial charge in [-0.15, -0.1) is 0 Å². The number of carbonyl (C=O) groups excluding carboxylic acids is 1. The summed E-state index contributed by atoms with van der Waals surface area (Å²) in [5.74, 6) is 1.18. The standard InChI is InChI=1S/C24H26O3/c1-15(2)22-11-6-16(3)12-23(22)27-24(25)17(4)18-7-8-20-14-21(26-5)10-9-19(20)13-18/h6-15,17H,1-5H3/t17-/m0/s1. The van der Waals surface area contributed by atoms with Crippen molar-refractivity contribution in [3.8, 4) is 11.5 Å². The lowest BCUT2D eigenvalue weighted by atomic mass is 9.97. The molecule has 3 aromatic rings. The molecule has 0 N–H and O–H groups in total. The van der Waals surface area contributed by atoms with Crippen LogP contribution in [-0.2, 0) is 4.79 Å². The number of esters is 1. The molecule has 27 heavy (non-hydrogen) atoms. The summed E-state index contributed by atoms with van der Waals surface area (Å²) in [6.45, 7) is 8.09. The van der Waals surface area contributed by atoms with E-state index in [1.54, 1.807) is 7.11 Å². The second-order valence-corrected chi connectivity index (χ2v) is 7.31. The maximum atomic E-state index is 12.8. The maximum Gasteiger partial charge on any atom is 0.318 e. The fraction of sp³-hybridized carbons (Fsp3) is 0.292. The lowest BCUT2D eigenvalue weighted by molar-refractivity contribution is -0.135. The van der Waals surface area contributed by atoms with Gasteiger partial charge < -0.3 is 9.47 Å². The van der Waals surface area contributed by atoms with Crippen LogP contribution in [0.25, 0.3) is 10.8 Å². The molecule has 0 unspecified atom stereocenters. The predicted molar refractivity (Wildman–Crippen MR) is 110 cm³/mol. The van der Waals surface area contributed by atoms with Crippen LogP contribution in [0, 0.1) is 6.92 Å². The van der Waals surface area contributed by atoms with Gasteiger partial charge in [-0.3, -0.25) is 4.79 Å². The van der Waals surface area contributed by atoms with Crippen molar-refractivity contribution in [1.82, 2.24) is 0 Å². The lowest BCUT2D eigenvalue weighted by Crippen LogP contribution is -2.17. The van der Waals surface area contributed by atoms with Crippen LogP contribution in [0.15, 0.2) is 54.6 Å². The van der Waals surface area contributed by atoms with Crippen LogP contribution in [0.5, 0.6) is 11.5 Å². The summed E-state index contributed by atoms with van der Waals surface area (Å²) in [7, 11) is 1.66. The van der Waals surface area contributed by atoms with Crippen LogP contribution in [-0.4, -0.2) is 13.1 Å². The molecule has 140 valence electrons. The first-order valence-corrected chi connectivity index (χ1v) is 9.29. The fourth-order valence-corrected chi connectivity index (χ4v) is 3.18. The molecule has 3 heteroatoms. The molecule has 0 aromatic heterocycles. The van der Waals surface area contributed by atoms with Crippen molar-refractivity contribution in [2.24, 2.45) is 0 Å². The minimum Gasteiger partial charge on any atom is -0.497 e. The minimum atomic E-state index is -0.350. The molecule has 3 aromatic carbocycles. The Morgan fingerprint density at radius 3 is 2.30 bits per heavy atom. The number of hydrogen-bond acceptors (Lipinski definition) is 3. The Morgan fingerprint density at radius 1 is 0.889 bits per heavy atom. The molecule has 0 spiro atoms. The quantitative estimate of drug-likeness (QED) is 0.413. The van der Waals surface area contributed by atoms with Crippen LogP contribution in [0.4, 0.5) is 0 Å². The molecule has 0 fully saturated rings. The van der Waals surface area contributed by atoms with Crippen molar-refractivity contribution in [1.29, 1.82) is 0 Å². The van der Waals surface area contributed by atoms with Gasteiger partial charge in [-0.25, -0.2) is 0 Å². The van der Waals surface area contributed by atoms with E-state index in [9.17, 15) is 4.79 Å². The summed E-state index contributed by atoms with van der Waals surface area (Å²) in [6.07, 6.45) is 0. The highest BCUT2D eigenvalue weighted by atomic mass is 16.5. The smallest absolute Gasteiger partial charge is 0.318 e. The van der Waals surface area contributed by atoms with Gasteiger partial charge >= 0.3 is 5.97 Å². The molecule has 3 rings (SSSR count). The van der Waals surface area contributed by atoms with E-state index in [0.29, 0.717) is 11.7 Å². The van der Waals surface area contributed by atoms with Gasteiger partial charge in [-0.05, 0) is 65.4 Å². The molecule has 0 saturated heterocycles. The summed E-state index contributed by atoms with van der Waals surface area (Å²) < 4.78 is 11.1. The van der Waals surface area contributed by atoms with Crippen molar-refractivity contribution in [3.63, 3.8) is 0 Å². The van der Waals surface area contributed by atoms with E-state index in [4.69, 9.17) is 9.47 Å². The average Bonchev–Trinajstić information content (AvgIpc) is 2.66. The molecule has 3 nitrogen and oxygen atoms in total. The fourth-order valence-electron chi connectivity index (χ4n) is 3.18. The first-order valence-electron chi connectivity index (χ1n) is 9.29. The van der Waals surface area contributed by atoms with Crippen LogP contribution in [0.1, 0.15) is 49.3 Å². The monoisotopic (exact) mass is 362 g/mol. The Balaban J connectivity index is 1.85. The zero-order chi connectivity index (χ0) is 19.6. The Hall–Kier alpha value is -2.81. The normalized spacial score (nSPS) is 12.2. The van der Waals surface area contributed by atoms with Gasteiger partial charge in [-0.1, -0.05) is 50.2 Å². The molecule has 0 heterocycles. The van der Waals surface area contributed by atoms with Crippen molar-refractivity contribution >= 4 is 16.7 Å². The van der Waals surface area contributed by atoms with Crippen LogP contribution < -0.4 is 9.47 Å². The van der Waals surface area contributed by atoms with E-state index in [1.807, 2.05) is 68.4 Å². The Labute approximate surface area is 160 Å². The van der Waals surface area contributed by atoms with E-state index in [1.165, 1.54) is 0 Å². The molecule has 0 amide bonds. The Kier molecular flexibility index (Phi) is 5.50. The molecule has 0 aliphatic rings. The predicted octanol–water partition coefficient (Wildman–Crippen LogP) is 5.99. The number of hydrogen-bond donors (Lipinski definition) is 0. The van der Waals surface area contributed by atoms with Crippen molar-refractivity contribution < 1.29 is 14.3 Å². The molecule has 0 aliphatic heterocycles. The lowest BCUT2D eigenvalue weighted by Gasteiger charge is -2.17. The SMILES string of the molecule is COc1ccc2cc([C@H](C)C(=O)Oc3cc(C)ccc3C(C)C)ccc2c1. The molecule has 0 bridgehead atoms. The zero-order valence-corrected chi connectivity index (χ0v) is 16.6. The summed E-state index contributed by atoms with van der Waals surface area (Å²) in [5, 5.41) is 2.16. The third kappa shape index (κ3) is 4.13. The summed E-state index contributed by atoms with van der Waals surface area (Å²) >= 11 is 0. The van der Waals surface area contributed by atoms with Crippen LogP contribution in [0.3, 0.4) is 0 Å². The Bertz CT molecular complexity index is 973. The maximum absolute atomic E-state index is 12.8. The number of aryl methyl sites for hydroxylation is 1. The second kappa shape index (κ2) is 7.83. The number of rotatable bonds is 5. The third-order valence-corrected chi connectivity index (χ3v) is 4.93. The molecule has 1 atom stereocenters. The van der Waals surface area contributed by atoms with E-state index < -0.39 is 0 Å². The van der Waals surface area contributed by atoms with E-state index in [2.05, 4.69) is 13.8 Å². The number of fused-ring (bicyclic) bond motifs is 1. The second-order valence-electron chi connectivity index (χ2n) is 7.31. The topological polar surface area (TPSA) is 35.5 Å². The number of ether oxygens (including phenoxy) is 2. The number of benzene rings is 3. The summed E-state index contributed by atoms with van der Waals surface area (Å²) in [5.41, 5.74) is 3.07. The van der Waals surface area contributed by atoms with E-state index in [-0.39, 0.29) is 11.9 Å². The van der Waals surface area contributed by atoms with E-state index >= 15 is 0 Å². The first-order chi connectivity index (χ1) is 12.9. The van der Waals surface area contributed by atoms with Crippen molar-refractivity contribution in [2.45, 2.75) is 39.5 Å². The van der Waals surface area contributed by atoms with Gasteiger partial charge in [0.05, 0.1) is 13.0 Å².